The molecule has 0 aliphatic heterocycles. The van der Waals surface area contributed by atoms with Crippen molar-refractivity contribution in [2.45, 2.75) is 13.0 Å². The molecule has 3 nitrogen and oxygen atoms in total. The van der Waals surface area contributed by atoms with Crippen LogP contribution < -0.4 is 10.5 Å². The second-order valence-electron chi connectivity index (χ2n) is 3.90. The summed E-state index contributed by atoms with van der Waals surface area (Å²) in [6, 6.07) is 6.14. The van der Waals surface area contributed by atoms with E-state index in [9.17, 15) is 8.78 Å². The minimum absolute atomic E-state index is 0.141. The molecule has 18 heavy (non-hydrogen) atoms. The lowest BCUT2D eigenvalue weighted by molar-refractivity contribution is 0.422. The van der Waals surface area contributed by atoms with Gasteiger partial charge in [-0.15, -0.1) is 0 Å². The predicted molar refractivity (Wildman–Crippen MR) is 63.3 cm³/mol. The number of ether oxygens (including phenoxy) is 1. The van der Waals surface area contributed by atoms with Crippen molar-refractivity contribution < 1.29 is 13.5 Å². The Bertz CT molecular complexity index is 541. The maximum absolute atomic E-state index is 13.3. The molecule has 0 spiro atoms. The van der Waals surface area contributed by atoms with E-state index in [0.29, 0.717) is 0 Å². The number of rotatable bonds is 3. The molecule has 0 bridgehead atoms. The van der Waals surface area contributed by atoms with E-state index < -0.39 is 11.6 Å². The van der Waals surface area contributed by atoms with Gasteiger partial charge in [-0.1, -0.05) is 6.07 Å². The third-order valence-electron chi connectivity index (χ3n) is 2.39. The highest BCUT2D eigenvalue weighted by atomic mass is 19.1. The second-order valence-corrected chi connectivity index (χ2v) is 3.90. The molecule has 1 aromatic carbocycles. The molecular formula is C13H12F2N2O. The van der Waals surface area contributed by atoms with E-state index in [2.05, 4.69) is 4.98 Å². The van der Waals surface area contributed by atoms with E-state index in [0.717, 1.165) is 23.8 Å². The van der Waals surface area contributed by atoms with E-state index in [1.807, 2.05) is 6.92 Å². The first-order chi connectivity index (χ1) is 8.56. The number of aromatic nitrogens is 1. The van der Waals surface area contributed by atoms with Crippen molar-refractivity contribution in [3.8, 4) is 11.6 Å². The molecule has 1 aromatic heterocycles. The summed E-state index contributed by atoms with van der Waals surface area (Å²) in [5, 5.41) is 0. The summed E-state index contributed by atoms with van der Waals surface area (Å²) >= 11 is 0. The van der Waals surface area contributed by atoms with Gasteiger partial charge in [-0.2, -0.15) is 0 Å². The van der Waals surface area contributed by atoms with Gasteiger partial charge >= 0.3 is 0 Å². The lowest BCUT2D eigenvalue weighted by Gasteiger charge is -2.08. The zero-order chi connectivity index (χ0) is 13.1. The summed E-state index contributed by atoms with van der Waals surface area (Å²) in [7, 11) is 0. The van der Waals surface area contributed by atoms with Crippen molar-refractivity contribution in [2.24, 2.45) is 5.73 Å². The smallest absolute Gasteiger partial charge is 0.219 e. The fraction of sp³-hybridized carbons (Fsp3) is 0.154. The molecule has 0 saturated heterocycles. The van der Waals surface area contributed by atoms with Gasteiger partial charge < -0.3 is 10.5 Å². The Morgan fingerprint density at radius 2 is 2.00 bits per heavy atom. The van der Waals surface area contributed by atoms with Crippen LogP contribution in [0.5, 0.6) is 11.6 Å². The summed E-state index contributed by atoms with van der Waals surface area (Å²) in [6.07, 6.45) is 1.54. The van der Waals surface area contributed by atoms with E-state index in [-0.39, 0.29) is 17.7 Å². The quantitative estimate of drug-likeness (QED) is 0.910. The van der Waals surface area contributed by atoms with Gasteiger partial charge in [0.05, 0.1) is 0 Å². The number of hydrogen-bond donors (Lipinski definition) is 1. The van der Waals surface area contributed by atoms with Crippen molar-refractivity contribution in [1.82, 2.24) is 4.98 Å². The number of benzene rings is 1. The van der Waals surface area contributed by atoms with Crippen molar-refractivity contribution in [2.75, 3.05) is 0 Å². The molecule has 0 aliphatic rings. The number of halogens is 2. The Hall–Kier alpha value is -2.01. The fourth-order valence-electron chi connectivity index (χ4n) is 1.39. The number of hydrogen-bond acceptors (Lipinski definition) is 3. The topological polar surface area (TPSA) is 48.1 Å². The Balaban J connectivity index is 2.21. The molecule has 1 unspecified atom stereocenters. The van der Waals surface area contributed by atoms with Gasteiger partial charge in [-0.05, 0) is 24.6 Å². The van der Waals surface area contributed by atoms with Gasteiger partial charge in [-0.3, -0.25) is 0 Å². The van der Waals surface area contributed by atoms with Gasteiger partial charge in [0.15, 0.2) is 11.6 Å². The van der Waals surface area contributed by atoms with Gasteiger partial charge in [0.25, 0.3) is 0 Å². The normalized spacial score (nSPS) is 12.2. The van der Waals surface area contributed by atoms with Crippen molar-refractivity contribution in [3.05, 3.63) is 53.7 Å². The van der Waals surface area contributed by atoms with Gasteiger partial charge in [0.1, 0.15) is 5.82 Å². The van der Waals surface area contributed by atoms with E-state index in [4.69, 9.17) is 10.5 Å². The van der Waals surface area contributed by atoms with E-state index in [1.54, 1.807) is 12.1 Å². The number of nitrogens with zero attached hydrogens (tertiary/aromatic N) is 1. The van der Waals surface area contributed by atoms with Crippen LogP contribution in [-0.2, 0) is 0 Å². The molecule has 2 rings (SSSR count). The molecule has 2 aromatic rings. The zero-order valence-electron chi connectivity index (χ0n) is 9.73. The van der Waals surface area contributed by atoms with Gasteiger partial charge in [-0.25, -0.2) is 13.8 Å². The highest BCUT2D eigenvalue weighted by Gasteiger charge is 2.07. The Morgan fingerprint density at radius 3 is 2.61 bits per heavy atom. The summed E-state index contributed by atoms with van der Waals surface area (Å²) in [5.74, 6) is -1.23. The molecule has 0 amide bonds. The minimum atomic E-state index is -0.644. The SMILES string of the molecule is CC(N)c1ccc(Oc2cc(F)ccc2F)nc1. The number of nitrogens with two attached hydrogens (primary N) is 1. The first-order valence-corrected chi connectivity index (χ1v) is 5.40. The summed E-state index contributed by atoms with van der Waals surface area (Å²) in [6.45, 7) is 1.82. The Labute approximate surface area is 103 Å². The van der Waals surface area contributed by atoms with Crippen LogP contribution in [0.4, 0.5) is 8.78 Å². The first-order valence-electron chi connectivity index (χ1n) is 5.40. The molecule has 5 heteroatoms. The molecule has 1 heterocycles. The summed E-state index contributed by atoms with van der Waals surface area (Å²) < 4.78 is 31.4. The summed E-state index contributed by atoms with van der Waals surface area (Å²) in [5.41, 5.74) is 6.51. The van der Waals surface area contributed by atoms with Crippen LogP contribution in [0, 0.1) is 11.6 Å². The summed E-state index contributed by atoms with van der Waals surface area (Å²) in [4.78, 5) is 3.97. The highest BCUT2D eigenvalue weighted by Crippen LogP contribution is 2.24. The molecular weight excluding hydrogens is 238 g/mol. The monoisotopic (exact) mass is 250 g/mol. The maximum Gasteiger partial charge on any atom is 0.219 e. The molecule has 2 N–H and O–H groups in total. The van der Waals surface area contributed by atoms with Crippen molar-refractivity contribution in [3.63, 3.8) is 0 Å². The van der Waals surface area contributed by atoms with Crippen molar-refractivity contribution >= 4 is 0 Å². The van der Waals surface area contributed by atoms with Crippen LogP contribution in [-0.4, -0.2) is 4.98 Å². The molecule has 1 atom stereocenters. The highest BCUT2D eigenvalue weighted by molar-refractivity contribution is 5.30. The molecule has 0 fully saturated rings. The Kier molecular flexibility index (Phi) is 3.53. The largest absolute Gasteiger partial charge is 0.436 e. The maximum atomic E-state index is 13.3. The van der Waals surface area contributed by atoms with Crippen LogP contribution in [0.1, 0.15) is 18.5 Å². The molecule has 94 valence electrons. The number of pyridine rings is 1. The second kappa shape index (κ2) is 5.10. The van der Waals surface area contributed by atoms with Crippen LogP contribution in [0.25, 0.3) is 0 Å². The molecule has 0 radical (unpaired) electrons. The van der Waals surface area contributed by atoms with Gasteiger partial charge in [0, 0.05) is 24.4 Å². The fourth-order valence-corrected chi connectivity index (χ4v) is 1.39. The molecule has 0 saturated carbocycles. The van der Waals surface area contributed by atoms with Crippen molar-refractivity contribution in [1.29, 1.82) is 0 Å². The van der Waals surface area contributed by atoms with E-state index in [1.165, 1.54) is 6.20 Å². The van der Waals surface area contributed by atoms with Crippen LogP contribution in [0.3, 0.4) is 0 Å². The lowest BCUT2D eigenvalue weighted by Crippen LogP contribution is -2.05. The lowest BCUT2D eigenvalue weighted by atomic mass is 10.2. The van der Waals surface area contributed by atoms with Crippen LogP contribution in [0.15, 0.2) is 36.5 Å². The molecule has 0 aliphatic carbocycles. The Morgan fingerprint density at radius 1 is 1.22 bits per heavy atom. The standard InChI is InChI=1S/C13H12F2N2O/c1-8(16)9-2-5-13(17-7-9)18-12-6-10(14)3-4-11(12)15/h2-8H,16H2,1H3. The van der Waals surface area contributed by atoms with Crippen LogP contribution in [0.2, 0.25) is 0 Å². The van der Waals surface area contributed by atoms with Gasteiger partial charge in [0.2, 0.25) is 5.88 Å². The average molecular weight is 250 g/mol. The zero-order valence-corrected chi connectivity index (χ0v) is 9.73. The predicted octanol–water partition coefficient (Wildman–Crippen LogP) is 3.17. The average Bonchev–Trinajstić information content (AvgIpc) is 2.34. The third-order valence-corrected chi connectivity index (χ3v) is 2.39. The minimum Gasteiger partial charge on any atom is -0.436 e. The first kappa shape index (κ1) is 12.4. The van der Waals surface area contributed by atoms with Crippen LogP contribution >= 0.6 is 0 Å². The van der Waals surface area contributed by atoms with E-state index >= 15 is 0 Å². The third kappa shape index (κ3) is 2.81.